The molecule has 0 unspecified atom stereocenters. The van der Waals surface area contributed by atoms with Crippen molar-refractivity contribution in [3.8, 4) is 11.5 Å². The lowest BCUT2D eigenvalue weighted by molar-refractivity contribution is 0.474. The van der Waals surface area contributed by atoms with Gasteiger partial charge in [0.05, 0.1) is 17.6 Å². The fourth-order valence-corrected chi connectivity index (χ4v) is 4.16. The van der Waals surface area contributed by atoms with Gasteiger partial charge in [-0.1, -0.05) is 23.7 Å². The highest BCUT2D eigenvalue weighted by molar-refractivity contribution is 7.85. The fraction of sp³-hybridized carbons (Fsp3) is 0.158. The van der Waals surface area contributed by atoms with Gasteiger partial charge in [0.15, 0.2) is 11.5 Å². The average molecular weight is 444 g/mol. The van der Waals surface area contributed by atoms with Gasteiger partial charge < -0.3 is 10.1 Å². The molecule has 30 heavy (non-hydrogen) atoms. The number of hydrogen-bond donors (Lipinski definition) is 2. The summed E-state index contributed by atoms with van der Waals surface area (Å²) in [6.45, 7) is 0. The number of nitrogens with zero attached hydrogens (tertiary/aromatic N) is 4. The Bertz CT molecular complexity index is 1430. The Morgan fingerprint density at radius 2 is 1.83 bits per heavy atom. The molecule has 5 rings (SSSR count). The Morgan fingerprint density at radius 1 is 1.03 bits per heavy atom. The van der Waals surface area contributed by atoms with E-state index < -0.39 is 10.1 Å². The Balaban J connectivity index is 1.65. The molecule has 0 saturated carbocycles. The van der Waals surface area contributed by atoms with Gasteiger partial charge in [-0.2, -0.15) is 8.42 Å². The van der Waals surface area contributed by atoms with Crippen molar-refractivity contribution in [2.75, 3.05) is 11.1 Å². The summed E-state index contributed by atoms with van der Waals surface area (Å²) in [5.74, 6) is 0.673. The van der Waals surface area contributed by atoms with Crippen LogP contribution in [0, 0.1) is 0 Å². The molecule has 0 radical (unpaired) electrons. The first kappa shape index (κ1) is 18.9. The largest absolute Gasteiger partial charge is 0.450 e. The number of fused-ring (bicyclic) bond motifs is 7. The van der Waals surface area contributed by atoms with E-state index in [2.05, 4.69) is 25.3 Å². The minimum absolute atomic E-state index is 0.226. The maximum atomic E-state index is 11.0. The van der Waals surface area contributed by atoms with Crippen LogP contribution in [0.25, 0.3) is 22.1 Å². The van der Waals surface area contributed by atoms with Crippen molar-refractivity contribution >= 4 is 55.2 Å². The van der Waals surface area contributed by atoms with Crippen LogP contribution < -0.4 is 10.1 Å². The summed E-state index contributed by atoms with van der Waals surface area (Å²) in [5, 5.41) is 3.57. The number of aryl methyl sites for hydroxylation is 1. The van der Waals surface area contributed by atoms with Crippen molar-refractivity contribution in [3.05, 3.63) is 47.5 Å². The van der Waals surface area contributed by atoms with Crippen molar-refractivity contribution in [3.63, 3.8) is 0 Å². The molecule has 9 nitrogen and oxygen atoms in total. The number of aromatic nitrogens is 4. The molecule has 0 amide bonds. The molecular formula is C19H14ClN5O4S. The molecule has 3 heterocycles. The second kappa shape index (κ2) is 7.01. The number of para-hydroxylation sites is 1. The summed E-state index contributed by atoms with van der Waals surface area (Å²) < 4.78 is 37.4. The monoisotopic (exact) mass is 443 g/mol. The number of nitrogens with one attached hydrogen (secondary N) is 1. The van der Waals surface area contributed by atoms with Crippen LogP contribution in [0.3, 0.4) is 0 Å². The lowest BCUT2D eigenvalue weighted by Crippen LogP contribution is -2.09. The van der Waals surface area contributed by atoms with Crippen LogP contribution in [0.5, 0.6) is 11.5 Å². The SMILES string of the molecule is O=S(=O)(O)CCCc1cccc2c1Oc1c(c3nccnc3c3nc(Cl)cnc13)N2. The topological polar surface area (TPSA) is 127 Å². The average Bonchev–Trinajstić information content (AvgIpc) is 2.72. The van der Waals surface area contributed by atoms with E-state index in [1.54, 1.807) is 12.4 Å². The van der Waals surface area contributed by atoms with Crippen LogP contribution in [0.2, 0.25) is 5.15 Å². The van der Waals surface area contributed by atoms with Gasteiger partial charge in [0, 0.05) is 12.4 Å². The van der Waals surface area contributed by atoms with E-state index >= 15 is 0 Å². The summed E-state index contributed by atoms with van der Waals surface area (Å²) in [7, 11) is -4.02. The lowest BCUT2D eigenvalue weighted by atomic mass is 10.1. The molecule has 152 valence electrons. The van der Waals surface area contributed by atoms with E-state index in [0.29, 0.717) is 51.4 Å². The van der Waals surface area contributed by atoms with E-state index in [1.807, 2.05) is 18.2 Å². The van der Waals surface area contributed by atoms with Gasteiger partial charge in [-0.05, 0) is 24.5 Å². The number of ether oxygens (including phenoxy) is 1. The summed E-state index contributed by atoms with van der Waals surface area (Å²) in [6, 6.07) is 5.54. The van der Waals surface area contributed by atoms with E-state index in [0.717, 1.165) is 5.56 Å². The maximum Gasteiger partial charge on any atom is 0.264 e. The standard InChI is InChI=1S/C19H14ClN5O4S/c20-12-9-23-16-15(25-12)13-14(22-7-6-21-13)17-19(16)29-18-10(3-1-5-11(18)24-17)4-2-8-30(26,27)28/h1,3,5-7,9,24H,2,4,8H2,(H,26,27,28). The normalized spacial score (nSPS) is 12.9. The summed E-state index contributed by atoms with van der Waals surface area (Å²) in [6.07, 6.45) is 5.24. The Hall–Kier alpha value is -3.08. The van der Waals surface area contributed by atoms with E-state index in [9.17, 15) is 8.42 Å². The third-order valence-corrected chi connectivity index (χ3v) is 5.74. The van der Waals surface area contributed by atoms with Gasteiger partial charge in [0.25, 0.3) is 10.1 Å². The first-order valence-corrected chi connectivity index (χ1v) is 11.0. The van der Waals surface area contributed by atoms with Crippen LogP contribution in [0.15, 0.2) is 36.8 Å². The van der Waals surface area contributed by atoms with Crippen molar-refractivity contribution in [2.45, 2.75) is 12.8 Å². The van der Waals surface area contributed by atoms with Crippen molar-refractivity contribution in [1.82, 2.24) is 19.9 Å². The predicted octanol–water partition coefficient (Wildman–Crippen LogP) is 3.90. The first-order valence-electron chi connectivity index (χ1n) is 9.01. The molecule has 0 bridgehead atoms. The minimum Gasteiger partial charge on any atom is -0.450 e. The first-order chi connectivity index (χ1) is 14.4. The quantitative estimate of drug-likeness (QED) is 0.314. The zero-order chi connectivity index (χ0) is 20.9. The van der Waals surface area contributed by atoms with Gasteiger partial charge in [0.2, 0.25) is 0 Å². The molecule has 1 aliphatic rings. The van der Waals surface area contributed by atoms with Gasteiger partial charge in [-0.25, -0.2) is 9.97 Å². The Kier molecular flexibility index (Phi) is 4.42. The van der Waals surface area contributed by atoms with Crippen LogP contribution in [-0.4, -0.2) is 38.7 Å². The second-order valence-electron chi connectivity index (χ2n) is 6.76. The number of halogens is 1. The third-order valence-electron chi connectivity index (χ3n) is 4.75. The molecule has 11 heteroatoms. The molecule has 1 aliphatic heterocycles. The van der Waals surface area contributed by atoms with Crippen LogP contribution in [0.4, 0.5) is 11.4 Å². The molecule has 2 aromatic carbocycles. The van der Waals surface area contributed by atoms with Crippen molar-refractivity contribution in [2.24, 2.45) is 0 Å². The number of rotatable bonds is 4. The van der Waals surface area contributed by atoms with E-state index in [1.165, 1.54) is 6.20 Å². The Labute approximate surface area is 175 Å². The molecule has 0 saturated heterocycles. The third kappa shape index (κ3) is 3.28. The summed E-state index contributed by atoms with van der Waals surface area (Å²) in [4.78, 5) is 17.6. The maximum absolute atomic E-state index is 11.0. The van der Waals surface area contributed by atoms with Crippen LogP contribution >= 0.6 is 11.6 Å². The van der Waals surface area contributed by atoms with Crippen molar-refractivity contribution < 1.29 is 17.7 Å². The van der Waals surface area contributed by atoms with Gasteiger partial charge in [0.1, 0.15) is 32.9 Å². The highest BCUT2D eigenvalue weighted by atomic mass is 35.5. The van der Waals surface area contributed by atoms with Gasteiger partial charge >= 0.3 is 0 Å². The highest BCUT2D eigenvalue weighted by Gasteiger charge is 2.27. The fourth-order valence-electron chi connectivity index (χ4n) is 3.52. The van der Waals surface area contributed by atoms with Crippen LogP contribution in [-0.2, 0) is 16.5 Å². The molecule has 0 spiro atoms. The van der Waals surface area contributed by atoms with Crippen molar-refractivity contribution in [1.29, 1.82) is 0 Å². The molecule has 2 aromatic heterocycles. The number of anilines is 2. The highest BCUT2D eigenvalue weighted by Crippen LogP contribution is 2.49. The summed E-state index contributed by atoms with van der Waals surface area (Å²) >= 11 is 6.05. The number of benzene rings is 2. The lowest BCUT2D eigenvalue weighted by Gasteiger charge is -2.25. The summed E-state index contributed by atoms with van der Waals surface area (Å²) in [5.41, 5.74) is 4.18. The van der Waals surface area contributed by atoms with Gasteiger partial charge in [-0.15, -0.1) is 0 Å². The van der Waals surface area contributed by atoms with Gasteiger partial charge in [-0.3, -0.25) is 14.5 Å². The molecular weight excluding hydrogens is 430 g/mol. The smallest absolute Gasteiger partial charge is 0.264 e. The van der Waals surface area contributed by atoms with E-state index in [4.69, 9.17) is 20.9 Å². The minimum atomic E-state index is -4.02. The molecule has 4 aromatic rings. The van der Waals surface area contributed by atoms with Crippen LogP contribution in [0.1, 0.15) is 12.0 Å². The second-order valence-corrected chi connectivity index (χ2v) is 8.72. The Morgan fingerprint density at radius 3 is 2.63 bits per heavy atom. The van der Waals surface area contributed by atoms with E-state index in [-0.39, 0.29) is 17.3 Å². The number of hydrogen-bond acceptors (Lipinski definition) is 8. The molecule has 0 aliphatic carbocycles. The molecule has 0 atom stereocenters. The molecule has 0 fully saturated rings. The molecule has 2 N–H and O–H groups in total. The zero-order valence-electron chi connectivity index (χ0n) is 15.3. The predicted molar refractivity (Wildman–Crippen MR) is 112 cm³/mol. The zero-order valence-corrected chi connectivity index (χ0v) is 16.9.